The Labute approximate surface area is 106 Å². The molecular weight excluding hydrogens is 227 g/mol. The fourth-order valence-corrected chi connectivity index (χ4v) is 3.60. The van der Waals surface area contributed by atoms with E-state index in [1.54, 1.807) is 6.07 Å². The molecule has 1 saturated carbocycles. The number of aromatic amines is 1. The van der Waals surface area contributed by atoms with E-state index in [-0.39, 0.29) is 11.2 Å². The van der Waals surface area contributed by atoms with E-state index in [2.05, 4.69) is 4.98 Å². The van der Waals surface area contributed by atoms with Crippen LogP contribution in [0.15, 0.2) is 18.2 Å². The summed E-state index contributed by atoms with van der Waals surface area (Å²) < 4.78 is 13.8. The maximum atomic E-state index is 13.8. The minimum atomic E-state index is -0.174. The summed E-state index contributed by atoms with van der Waals surface area (Å²) in [6.07, 6.45) is 4.68. The summed E-state index contributed by atoms with van der Waals surface area (Å²) in [5.74, 6) is -0.174. The number of nitrogens with one attached hydrogen (secondary N) is 1. The molecule has 0 saturated heterocycles. The molecule has 1 aromatic heterocycles. The highest BCUT2D eigenvalue weighted by molar-refractivity contribution is 5.86. The Kier molecular flexibility index (Phi) is 2.67. The third-order valence-corrected chi connectivity index (χ3v) is 4.45. The van der Waals surface area contributed by atoms with Gasteiger partial charge >= 0.3 is 0 Å². The Hall–Kier alpha value is -1.35. The number of halogens is 1. The van der Waals surface area contributed by atoms with Crippen LogP contribution in [-0.4, -0.2) is 11.5 Å². The summed E-state index contributed by atoms with van der Waals surface area (Å²) in [6, 6.07) is 5.30. The minimum absolute atomic E-state index is 0.0517. The van der Waals surface area contributed by atoms with Gasteiger partial charge in [0.05, 0.1) is 5.52 Å². The predicted molar refractivity (Wildman–Crippen MR) is 72.2 cm³/mol. The summed E-state index contributed by atoms with van der Waals surface area (Å²) in [7, 11) is 0. The lowest BCUT2D eigenvalue weighted by atomic mass is 9.77. The zero-order valence-electron chi connectivity index (χ0n) is 10.7. The van der Waals surface area contributed by atoms with Crippen LogP contribution in [0.25, 0.3) is 10.9 Å². The Balaban J connectivity index is 2.28. The van der Waals surface area contributed by atoms with E-state index in [1.807, 2.05) is 13.0 Å². The molecule has 3 heteroatoms. The number of rotatable bonds is 2. The van der Waals surface area contributed by atoms with Crippen LogP contribution in [0.5, 0.6) is 0 Å². The highest BCUT2D eigenvalue weighted by Gasteiger charge is 2.37. The molecule has 0 atom stereocenters. The zero-order valence-corrected chi connectivity index (χ0v) is 10.7. The third-order valence-electron chi connectivity index (χ3n) is 4.45. The van der Waals surface area contributed by atoms with Gasteiger partial charge in [-0.1, -0.05) is 25.0 Å². The van der Waals surface area contributed by atoms with E-state index >= 15 is 0 Å². The van der Waals surface area contributed by atoms with E-state index in [0.717, 1.165) is 23.9 Å². The monoisotopic (exact) mass is 246 g/mol. The number of aromatic nitrogens is 1. The van der Waals surface area contributed by atoms with E-state index in [9.17, 15) is 4.39 Å². The van der Waals surface area contributed by atoms with Gasteiger partial charge in [-0.2, -0.15) is 0 Å². The van der Waals surface area contributed by atoms with Crippen molar-refractivity contribution in [3.8, 4) is 0 Å². The first-order chi connectivity index (χ1) is 8.68. The molecule has 0 bridgehead atoms. The minimum Gasteiger partial charge on any atom is -0.356 e. The summed E-state index contributed by atoms with van der Waals surface area (Å²) >= 11 is 0. The second-order valence-corrected chi connectivity index (χ2v) is 5.48. The van der Waals surface area contributed by atoms with Crippen molar-refractivity contribution in [2.75, 3.05) is 6.54 Å². The quantitative estimate of drug-likeness (QED) is 0.838. The van der Waals surface area contributed by atoms with Crippen LogP contribution in [0.4, 0.5) is 4.39 Å². The summed E-state index contributed by atoms with van der Waals surface area (Å²) in [5, 5.41) is 1.01. The SMILES string of the molecule is Cc1[nH]c2c(F)cccc2c1C1(CN)CCCC1. The smallest absolute Gasteiger partial charge is 0.147 e. The van der Waals surface area contributed by atoms with E-state index in [4.69, 9.17) is 5.73 Å². The largest absolute Gasteiger partial charge is 0.356 e. The second-order valence-electron chi connectivity index (χ2n) is 5.48. The van der Waals surface area contributed by atoms with Crippen molar-refractivity contribution in [2.24, 2.45) is 5.73 Å². The molecule has 0 amide bonds. The molecule has 0 unspecified atom stereocenters. The maximum Gasteiger partial charge on any atom is 0.147 e. The van der Waals surface area contributed by atoms with Gasteiger partial charge in [-0.25, -0.2) is 4.39 Å². The average Bonchev–Trinajstić information content (AvgIpc) is 2.94. The van der Waals surface area contributed by atoms with E-state index in [0.29, 0.717) is 12.1 Å². The van der Waals surface area contributed by atoms with Gasteiger partial charge in [0, 0.05) is 23.0 Å². The van der Waals surface area contributed by atoms with Gasteiger partial charge in [0.15, 0.2) is 0 Å². The first kappa shape index (κ1) is 11.7. The van der Waals surface area contributed by atoms with Crippen LogP contribution in [0.3, 0.4) is 0 Å². The lowest BCUT2D eigenvalue weighted by Gasteiger charge is -2.28. The molecule has 1 aliphatic carbocycles. The van der Waals surface area contributed by atoms with Crippen LogP contribution >= 0.6 is 0 Å². The number of H-pyrrole nitrogens is 1. The molecule has 1 aliphatic rings. The molecule has 0 radical (unpaired) electrons. The van der Waals surface area contributed by atoms with Gasteiger partial charge in [0.1, 0.15) is 5.82 Å². The first-order valence-corrected chi connectivity index (χ1v) is 6.65. The normalized spacial score (nSPS) is 18.6. The molecule has 2 nitrogen and oxygen atoms in total. The van der Waals surface area contributed by atoms with E-state index < -0.39 is 0 Å². The first-order valence-electron chi connectivity index (χ1n) is 6.65. The standard InChI is InChI=1S/C15H19FN2/c1-10-13(15(9-17)7-2-3-8-15)11-5-4-6-12(16)14(11)18-10/h4-6,18H,2-3,7-9,17H2,1H3. The molecule has 0 aliphatic heterocycles. The lowest BCUT2D eigenvalue weighted by molar-refractivity contribution is 0.454. The Morgan fingerprint density at radius 2 is 2.06 bits per heavy atom. The molecule has 0 spiro atoms. The van der Waals surface area contributed by atoms with Crippen molar-refractivity contribution in [3.63, 3.8) is 0 Å². The van der Waals surface area contributed by atoms with Crippen molar-refractivity contribution < 1.29 is 4.39 Å². The van der Waals surface area contributed by atoms with Crippen LogP contribution in [0, 0.1) is 12.7 Å². The van der Waals surface area contributed by atoms with Gasteiger partial charge in [-0.3, -0.25) is 0 Å². The lowest BCUT2D eigenvalue weighted by Crippen LogP contribution is -2.32. The summed E-state index contributed by atoms with van der Waals surface area (Å²) in [6.45, 7) is 2.68. The Morgan fingerprint density at radius 3 is 2.72 bits per heavy atom. The van der Waals surface area contributed by atoms with Gasteiger partial charge < -0.3 is 10.7 Å². The molecular formula is C15H19FN2. The number of para-hydroxylation sites is 1. The molecule has 3 rings (SSSR count). The van der Waals surface area contributed by atoms with Gasteiger partial charge in [-0.05, 0) is 31.4 Å². The van der Waals surface area contributed by atoms with Crippen molar-refractivity contribution >= 4 is 10.9 Å². The fraction of sp³-hybridized carbons (Fsp3) is 0.467. The van der Waals surface area contributed by atoms with Crippen LogP contribution in [0.1, 0.15) is 36.9 Å². The number of hydrogen-bond donors (Lipinski definition) is 2. The maximum absolute atomic E-state index is 13.8. The topological polar surface area (TPSA) is 41.8 Å². The predicted octanol–water partition coefficient (Wildman–Crippen LogP) is 3.39. The molecule has 2 aromatic rings. The molecule has 1 heterocycles. The van der Waals surface area contributed by atoms with Crippen LogP contribution in [0.2, 0.25) is 0 Å². The Bertz CT molecular complexity index is 579. The highest BCUT2D eigenvalue weighted by atomic mass is 19.1. The molecule has 1 aromatic carbocycles. The number of benzene rings is 1. The van der Waals surface area contributed by atoms with Gasteiger partial charge in [-0.15, -0.1) is 0 Å². The van der Waals surface area contributed by atoms with Crippen molar-refractivity contribution in [1.29, 1.82) is 0 Å². The molecule has 96 valence electrons. The van der Waals surface area contributed by atoms with Crippen molar-refractivity contribution in [2.45, 2.75) is 38.0 Å². The molecule has 18 heavy (non-hydrogen) atoms. The third kappa shape index (κ3) is 1.50. The average molecular weight is 246 g/mol. The Morgan fingerprint density at radius 1 is 1.33 bits per heavy atom. The molecule has 1 fully saturated rings. The molecule has 3 N–H and O–H groups in total. The second kappa shape index (κ2) is 4.09. The number of hydrogen-bond acceptors (Lipinski definition) is 1. The number of fused-ring (bicyclic) bond motifs is 1. The van der Waals surface area contributed by atoms with Crippen LogP contribution < -0.4 is 5.73 Å². The van der Waals surface area contributed by atoms with Crippen molar-refractivity contribution in [1.82, 2.24) is 4.98 Å². The van der Waals surface area contributed by atoms with Gasteiger partial charge in [0.2, 0.25) is 0 Å². The van der Waals surface area contributed by atoms with E-state index in [1.165, 1.54) is 24.5 Å². The zero-order chi connectivity index (χ0) is 12.8. The fourth-order valence-electron chi connectivity index (χ4n) is 3.60. The highest BCUT2D eigenvalue weighted by Crippen LogP contribution is 2.44. The van der Waals surface area contributed by atoms with Gasteiger partial charge in [0.25, 0.3) is 0 Å². The number of nitrogens with two attached hydrogens (primary N) is 1. The van der Waals surface area contributed by atoms with Crippen LogP contribution in [-0.2, 0) is 5.41 Å². The number of aryl methyl sites for hydroxylation is 1. The summed E-state index contributed by atoms with van der Waals surface area (Å²) in [5.41, 5.74) is 9.05. The summed E-state index contributed by atoms with van der Waals surface area (Å²) in [4.78, 5) is 3.20. The van der Waals surface area contributed by atoms with Crippen molar-refractivity contribution in [3.05, 3.63) is 35.3 Å².